The number of likely N-dealkylation sites (N-methyl/N-ethyl adjacent to an activating group) is 1. The largest absolute Gasteiger partial charge is 0.445 e. The Hall–Kier alpha value is -2.77. The maximum Gasteiger partial charge on any atom is 0.407 e. The molecule has 0 aliphatic carbocycles. The minimum absolute atomic E-state index is 0.146. The number of ether oxygens (including phenoxy) is 1. The summed E-state index contributed by atoms with van der Waals surface area (Å²) in [6, 6.07) is 14.2. The van der Waals surface area contributed by atoms with Crippen LogP contribution in [0.25, 0.3) is 0 Å². The molecule has 0 atom stereocenters. The summed E-state index contributed by atoms with van der Waals surface area (Å²) in [6.07, 6.45) is 0.0487. The summed E-state index contributed by atoms with van der Waals surface area (Å²) in [5.41, 5.74) is 1.20. The van der Waals surface area contributed by atoms with Crippen LogP contribution >= 0.6 is 23.2 Å². The number of para-hydroxylation sites is 1. The van der Waals surface area contributed by atoms with Crippen LogP contribution in [0.4, 0.5) is 10.5 Å². The number of alkyl carbamates (subject to hydrolysis) is 1. The quantitative estimate of drug-likeness (QED) is 0.561. The molecule has 3 amide bonds. The van der Waals surface area contributed by atoms with Crippen molar-refractivity contribution in [1.82, 2.24) is 10.2 Å². The Balaban J connectivity index is 1.64. The second-order valence-corrected chi connectivity index (χ2v) is 7.30. The summed E-state index contributed by atoms with van der Waals surface area (Å²) in [4.78, 5) is 37.3. The zero-order chi connectivity index (χ0) is 21.9. The molecule has 0 unspecified atom stereocenters. The first-order chi connectivity index (χ1) is 14.4. The number of rotatable bonds is 9. The molecule has 30 heavy (non-hydrogen) atoms. The van der Waals surface area contributed by atoms with Crippen LogP contribution in [0, 0.1) is 0 Å². The number of nitrogens with one attached hydrogen (secondary N) is 2. The van der Waals surface area contributed by atoms with Gasteiger partial charge in [0.05, 0.1) is 22.3 Å². The number of nitrogens with zero attached hydrogens (tertiary/aromatic N) is 1. The van der Waals surface area contributed by atoms with Gasteiger partial charge in [-0.3, -0.25) is 9.59 Å². The van der Waals surface area contributed by atoms with Gasteiger partial charge in [0.25, 0.3) is 0 Å². The number of benzene rings is 2. The van der Waals surface area contributed by atoms with Crippen LogP contribution in [0.15, 0.2) is 48.5 Å². The first kappa shape index (κ1) is 23.5. The third-order valence-corrected chi connectivity index (χ3v) is 4.71. The second kappa shape index (κ2) is 12.0. The zero-order valence-electron chi connectivity index (χ0n) is 16.5. The lowest BCUT2D eigenvalue weighted by Crippen LogP contribution is -2.35. The Morgan fingerprint density at radius 1 is 1.00 bits per heavy atom. The summed E-state index contributed by atoms with van der Waals surface area (Å²) in [5.74, 6) is -0.640. The zero-order valence-corrected chi connectivity index (χ0v) is 18.0. The minimum Gasteiger partial charge on any atom is -0.445 e. The van der Waals surface area contributed by atoms with Crippen molar-refractivity contribution < 1.29 is 19.1 Å². The fraction of sp³-hybridized carbons (Fsp3) is 0.286. The van der Waals surface area contributed by atoms with Gasteiger partial charge in [-0.25, -0.2) is 4.79 Å². The number of anilines is 1. The lowest BCUT2D eigenvalue weighted by Gasteiger charge is -2.17. The van der Waals surface area contributed by atoms with E-state index in [4.69, 9.17) is 27.9 Å². The highest BCUT2D eigenvalue weighted by atomic mass is 35.5. The van der Waals surface area contributed by atoms with Crippen LogP contribution in [0.2, 0.25) is 10.0 Å². The number of carbonyl (C=O) groups excluding carboxylic acids is 3. The Morgan fingerprint density at radius 2 is 1.67 bits per heavy atom. The highest BCUT2D eigenvalue weighted by Gasteiger charge is 2.15. The number of halogens is 2. The van der Waals surface area contributed by atoms with Crippen molar-refractivity contribution >= 4 is 46.8 Å². The SMILES string of the molecule is CN(CC(=O)Nc1c(Cl)cccc1Cl)C(=O)CCCNC(=O)OCc1ccccc1. The Bertz CT molecular complexity index is 858. The van der Waals surface area contributed by atoms with Crippen molar-refractivity contribution in [3.05, 3.63) is 64.1 Å². The average Bonchev–Trinajstić information content (AvgIpc) is 2.73. The summed E-state index contributed by atoms with van der Waals surface area (Å²) >= 11 is 12.0. The van der Waals surface area contributed by atoms with Crippen molar-refractivity contribution in [1.29, 1.82) is 0 Å². The van der Waals surface area contributed by atoms with Gasteiger partial charge >= 0.3 is 6.09 Å². The fourth-order valence-corrected chi connectivity index (χ4v) is 2.99. The van der Waals surface area contributed by atoms with Crippen molar-refractivity contribution in [2.24, 2.45) is 0 Å². The minimum atomic E-state index is -0.546. The molecule has 0 aliphatic rings. The predicted molar refractivity (Wildman–Crippen MR) is 117 cm³/mol. The normalized spacial score (nSPS) is 10.2. The highest BCUT2D eigenvalue weighted by molar-refractivity contribution is 6.39. The molecular formula is C21H23Cl2N3O4. The third kappa shape index (κ3) is 7.93. The van der Waals surface area contributed by atoms with Crippen LogP contribution in [-0.2, 0) is 20.9 Å². The Labute approximate surface area is 185 Å². The van der Waals surface area contributed by atoms with Gasteiger partial charge in [0, 0.05) is 20.0 Å². The summed E-state index contributed by atoms with van der Waals surface area (Å²) in [6.45, 7) is 0.320. The highest BCUT2D eigenvalue weighted by Crippen LogP contribution is 2.29. The first-order valence-electron chi connectivity index (χ1n) is 9.29. The maximum absolute atomic E-state index is 12.2. The first-order valence-corrected chi connectivity index (χ1v) is 10.0. The van der Waals surface area contributed by atoms with Crippen molar-refractivity contribution in [2.45, 2.75) is 19.4 Å². The lowest BCUT2D eigenvalue weighted by molar-refractivity contribution is -0.133. The van der Waals surface area contributed by atoms with Crippen molar-refractivity contribution in [3.63, 3.8) is 0 Å². The van der Waals surface area contributed by atoms with E-state index in [1.807, 2.05) is 30.3 Å². The fourth-order valence-electron chi connectivity index (χ4n) is 2.49. The number of carbonyl (C=O) groups is 3. The summed E-state index contributed by atoms with van der Waals surface area (Å²) in [7, 11) is 1.53. The molecule has 0 fully saturated rings. The molecule has 160 valence electrons. The van der Waals surface area contributed by atoms with Crippen LogP contribution in [-0.4, -0.2) is 42.9 Å². The van der Waals surface area contributed by atoms with Gasteiger partial charge < -0.3 is 20.3 Å². The van der Waals surface area contributed by atoms with Gasteiger partial charge in [-0.05, 0) is 24.1 Å². The van der Waals surface area contributed by atoms with E-state index in [-0.39, 0.29) is 32.0 Å². The summed E-state index contributed by atoms with van der Waals surface area (Å²) < 4.78 is 5.09. The number of hydrogen-bond donors (Lipinski definition) is 2. The van der Waals surface area contributed by atoms with Gasteiger partial charge in [0.15, 0.2) is 0 Å². The van der Waals surface area contributed by atoms with Gasteiger partial charge in [0.1, 0.15) is 6.61 Å². The van der Waals surface area contributed by atoms with Crippen molar-refractivity contribution in [3.8, 4) is 0 Å². The summed E-state index contributed by atoms with van der Waals surface area (Å²) in [5, 5.41) is 5.83. The van der Waals surface area contributed by atoms with Gasteiger partial charge in [-0.2, -0.15) is 0 Å². The average molecular weight is 452 g/mol. The standard InChI is InChI=1S/C21H23Cl2N3O4/c1-26(13-18(27)25-20-16(22)9-5-10-17(20)23)19(28)11-6-12-24-21(29)30-14-15-7-3-2-4-8-15/h2-5,7-10H,6,11-14H2,1H3,(H,24,29)(H,25,27). The molecule has 0 spiro atoms. The lowest BCUT2D eigenvalue weighted by atomic mass is 10.2. The molecule has 2 aromatic carbocycles. The number of hydrogen-bond acceptors (Lipinski definition) is 4. The second-order valence-electron chi connectivity index (χ2n) is 6.49. The molecule has 2 aromatic rings. The molecule has 0 saturated carbocycles. The molecule has 7 nitrogen and oxygen atoms in total. The maximum atomic E-state index is 12.2. The van der Waals surface area contributed by atoms with E-state index in [2.05, 4.69) is 10.6 Å². The molecular weight excluding hydrogens is 429 g/mol. The Morgan fingerprint density at radius 3 is 2.33 bits per heavy atom. The van der Waals surface area contributed by atoms with Gasteiger partial charge in [0.2, 0.25) is 11.8 Å². The van der Waals surface area contributed by atoms with Crippen LogP contribution in [0.5, 0.6) is 0 Å². The van der Waals surface area contributed by atoms with Crippen LogP contribution in [0.3, 0.4) is 0 Å². The van der Waals surface area contributed by atoms with Gasteiger partial charge in [-0.1, -0.05) is 59.6 Å². The van der Waals surface area contributed by atoms with E-state index in [0.717, 1.165) is 5.56 Å². The third-order valence-electron chi connectivity index (χ3n) is 4.08. The predicted octanol–water partition coefficient (Wildman–Crippen LogP) is 4.10. The van der Waals surface area contributed by atoms with Crippen LogP contribution in [0.1, 0.15) is 18.4 Å². The molecule has 9 heteroatoms. The Kier molecular flexibility index (Phi) is 9.44. The smallest absolute Gasteiger partial charge is 0.407 e. The molecule has 0 saturated heterocycles. The molecule has 2 N–H and O–H groups in total. The van der Waals surface area contributed by atoms with E-state index in [9.17, 15) is 14.4 Å². The van der Waals surface area contributed by atoms with Crippen LogP contribution < -0.4 is 10.6 Å². The van der Waals surface area contributed by atoms with Crippen molar-refractivity contribution in [2.75, 3.05) is 25.5 Å². The monoisotopic (exact) mass is 451 g/mol. The topological polar surface area (TPSA) is 87.7 Å². The number of amides is 3. The van der Waals surface area contributed by atoms with E-state index < -0.39 is 12.0 Å². The van der Waals surface area contributed by atoms with E-state index in [0.29, 0.717) is 22.2 Å². The molecule has 2 rings (SSSR count). The molecule has 0 aromatic heterocycles. The molecule has 0 radical (unpaired) electrons. The van der Waals surface area contributed by atoms with E-state index in [1.54, 1.807) is 18.2 Å². The van der Waals surface area contributed by atoms with E-state index in [1.165, 1.54) is 11.9 Å². The molecule has 0 bridgehead atoms. The molecule has 0 heterocycles. The molecule has 0 aliphatic heterocycles. The van der Waals surface area contributed by atoms with E-state index >= 15 is 0 Å². The van der Waals surface area contributed by atoms with Gasteiger partial charge in [-0.15, -0.1) is 0 Å².